The Morgan fingerprint density at radius 2 is 2.33 bits per heavy atom. The topological polar surface area (TPSA) is 84.4 Å². The van der Waals surface area contributed by atoms with E-state index in [9.17, 15) is 14.1 Å². The number of nitrogens with one attached hydrogen (secondary N) is 1. The van der Waals surface area contributed by atoms with Crippen molar-refractivity contribution in [1.29, 1.82) is 0 Å². The molecule has 0 saturated carbocycles. The van der Waals surface area contributed by atoms with Crippen LogP contribution < -0.4 is 5.32 Å². The van der Waals surface area contributed by atoms with E-state index in [2.05, 4.69) is 20.2 Å². The Hall–Kier alpha value is -2.25. The van der Waals surface area contributed by atoms with Crippen LogP contribution in [0.4, 0.5) is 15.1 Å². The van der Waals surface area contributed by atoms with Gasteiger partial charge in [0.25, 0.3) is 0 Å². The van der Waals surface area contributed by atoms with Crippen LogP contribution in [0.2, 0.25) is 0 Å². The smallest absolute Gasteiger partial charge is 0.308 e. The summed E-state index contributed by atoms with van der Waals surface area (Å²) < 4.78 is 11.9. The van der Waals surface area contributed by atoms with E-state index in [1.165, 1.54) is 18.6 Å². The van der Waals surface area contributed by atoms with Crippen molar-refractivity contribution in [2.24, 2.45) is 0 Å². The van der Waals surface area contributed by atoms with Crippen molar-refractivity contribution in [3.05, 3.63) is 18.6 Å². The molecule has 2 rings (SSSR count). The summed E-state index contributed by atoms with van der Waals surface area (Å²) >= 11 is 0. The van der Waals surface area contributed by atoms with Gasteiger partial charge in [-0.25, -0.2) is 14.7 Å². The maximum atomic E-state index is 11.9. The Balaban J connectivity index is 2.02. The number of aromatic nitrogens is 2. The van der Waals surface area contributed by atoms with Gasteiger partial charge in [0, 0.05) is 23.5 Å². The average molecular weight is 254 g/mol. The summed E-state index contributed by atoms with van der Waals surface area (Å²) in [5.41, 5.74) is 0. The minimum atomic E-state index is -1.15. The lowest BCUT2D eigenvalue weighted by atomic mass is 10.2. The molecule has 1 atom stereocenters. The fourth-order valence-corrected chi connectivity index (χ4v) is 1.88. The van der Waals surface area contributed by atoms with E-state index in [0.29, 0.717) is 19.4 Å². The molecule has 96 valence electrons. The van der Waals surface area contributed by atoms with Gasteiger partial charge in [-0.15, -0.1) is 0 Å². The van der Waals surface area contributed by atoms with Gasteiger partial charge in [-0.3, -0.25) is 14.7 Å². The van der Waals surface area contributed by atoms with Gasteiger partial charge in [-0.1, -0.05) is 0 Å². The number of amides is 2. The lowest BCUT2D eigenvalue weighted by Crippen LogP contribution is -2.42. The number of anilines is 1. The van der Waals surface area contributed by atoms with E-state index in [-0.39, 0.29) is 5.82 Å². The van der Waals surface area contributed by atoms with E-state index < -0.39 is 18.0 Å². The van der Waals surface area contributed by atoms with Gasteiger partial charge in [-0.2, -0.15) is 0 Å². The van der Waals surface area contributed by atoms with Gasteiger partial charge in [-0.05, 0) is 12.8 Å². The number of hydrogen-bond donors (Lipinski definition) is 1. The summed E-state index contributed by atoms with van der Waals surface area (Å²) in [6.45, 7) is 0.293. The van der Waals surface area contributed by atoms with Crippen molar-refractivity contribution in [1.82, 2.24) is 14.9 Å². The third-order valence-electron chi connectivity index (χ3n) is 2.67. The van der Waals surface area contributed by atoms with Crippen molar-refractivity contribution < 1.29 is 19.1 Å². The lowest BCUT2D eigenvalue weighted by molar-refractivity contribution is -0.122. The van der Waals surface area contributed by atoms with Crippen LogP contribution in [-0.4, -0.2) is 39.5 Å². The molecule has 7 nitrogen and oxygen atoms in total. The second-order valence-corrected chi connectivity index (χ2v) is 3.77. The number of carbonyl (C=O) groups excluding carboxylic acids is 2. The minimum Gasteiger partial charge on any atom is -0.308 e. The molecule has 1 saturated heterocycles. The molecule has 0 spiro atoms. The van der Waals surface area contributed by atoms with E-state index in [0.717, 1.165) is 4.90 Å². The lowest BCUT2D eigenvalue weighted by Gasteiger charge is -2.20. The Labute approximate surface area is 102 Å². The minimum absolute atomic E-state index is 0.281. The van der Waals surface area contributed by atoms with E-state index in [4.69, 9.17) is 0 Å². The molecule has 2 amide bonds. The maximum absolute atomic E-state index is 11.9. The zero-order chi connectivity index (χ0) is 13.0. The molecule has 0 bridgehead atoms. The molecule has 1 aliphatic rings. The Morgan fingerprint density at radius 1 is 1.50 bits per heavy atom. The number of halogens is 1. The summed E-state index contributed by atoms with van der Waals surface area (Å²) in [4.78, 5) is 34.9. The van der Waals surface area contributed by atoms with Gasteiger partial charge < -0.3 is 5.32 Å². The normalized spacial score (nSPS) is 18.5. The molecule has 18 heavy (non-hydrogen) atoms. The molecule has 1 unspecified atom stereocenters. The van der Waals surface area contributed by atoms with Crippen molar-refractivity contribution in [2.75, 3.05) is 11.9 Å². The van der Waals surface area contributed by atoms with Crippen molar-refractivity contribution in [2.45, 2.75) is 18.9 Å². The number of carbonyl (C=O) groups is 2. The molecule has 0 aromatic carbocycles. The van der Waals surface area contributed by atoms with Crippen LogP contribution in [0.5, 0.6) is 0 Å². The molecule has 0 radical (unpaired) electrons. The van der Waals surface area contributed by atoms with Gasteiger partial charge in [0.2, 0.25) is 5.91 Å². The van der Waals surface area contributed by atoms with Crippen LogP contribution in [0.1, 0.15) is 12.8 Å². The van der Waals surface area contributed by atoms with Crippen LogP contribution in [0, 0.1) is 0 Å². The quantitative estimate of drug-likeness (QED) is 0.847. The Bertz CT molecular complexity index is 442. The number of rotatable bonds is 2. The molecule has 1 fully saturated rings. The molecule has 8 heteroatoms. The van der Waals surface area contributed by atoms with Crippen LogP contribution in [0.25, 0.3) is 0 Å². The molecule has 1 N–H and O–H groups in total. The van der Waals surface area contributed by atoms with Crippen LogP contribution in [0.3, 0.4) is 0 Å². The predicted octanol–water partition coefficient (Wildman–Crippen LogP) is 0.901. The monoisotopic (exact) mass is 254 g/mol. The van der Waals surface area contributed by atoms with E-state index in [1.54, 1.807) is 0 Å². The highest BCUT2D eigenvalue weighted by Crippen LogP contribution is 2.19. The third-order valence-corrected chi connectivity index (χ3v) is 2.67. The van der Waals surface area contributed by atoms with Gasteiger partial charge in [0.05, 0.1) is 6.20 Å². The summed E-state index contributed by atoms with van der Waals surface area (Å²) in [7, 11) is 0. The average Bonchev–Trinajstić information content (AvgIpc) is 2.88. The summed E-state index contributed by atoms with van der Waals surface area (Å²) in [6.07, 6.45) is 4.21. The fourth-order valence-electron chi connectivity index (χ4n) is 1.88. The van der Waals surface area contributed by atoms with Crippen LogP contribution in [-0.2, 0) is 9.74 Å². The van der Waals surface area contributed by atoms with Crippen molar-refractivity contribution in [3.8, 4) is 0 Å². The standard InChI is InChI=1S/C10H11FN4O3/c11-18-10(17)15-5-1-2-7(15)9(16)14-8-6-12-3-4-13-8/h3-4,6-7H,1-2,5H2,(H,13,14,16). The van der Waals surface area contributed by atoms with Gasteiger partial charge in [0.15, 0.2) is 5.82 Å². The molecule has 1 aliphatic heterocycles. The van der Waals surface area contributed by atoms with Crippen LogP contribution in [0.15, 0.2) is 18.6 Å². The maximum Gasteiger partial charge on any atom is 0.448 e. The predicted molar refractivity (Wildman–Crippen MR) is 58.0 cm³/mol. The highest BCUT2D eigenvalue weighted by Gasteiger charge is 2.35. The number of hydrogen-bond acceptors (Lipinski definition) is 5. The zero-order valence-electron chi connectivity index (χ0n) is 9.38. The fraction of sp³-hybridized carbons (Fsp3) is 0.400. The third kappa shape index (κ3) is 2.53. The highest BCUT2D eigenvalue weighted by atomic mass is 19.3. The second kappa shape index (κ2) is 5.39. The van der Waals surface area contributed by atoms with Gasteiger partial charge in [0.1, 0.15) is 6.04 Å². The van der Waals surface area contributed by atoms with E-state index in [1.807, 2.05) is 0 Å². The van der Waals surface area contributed by atoms with Crippen LogP contribution >= 0.6 is 0 Å². The first-order valence-corrected chi connectivity index (χ1v) is 5.38. The first-order valence-electron chi connectivity index (χ1n) is 5.38. The number of nitrogens with zero attached hydrogens (tertiary/aromatic N) is 3. The molecule has 1 aromatic heterocycles. The molecular weight excluding hydrogens is 243 g/mol. The Morgan fingerprint density at radius 3 is 3.00 bits per heavy atom. The molecule has 0 aliphatic carbocycles. The zero-order valence-corrected chi connectivity index (χ0v) is 9.38. The molecule has 2 heterocycles. The highest BCUT2D eigenvalue weighted by molar-refractivity contribution is 5.96. The summed E-state index contributed by atoms with van der Waals surface area (Å²) in [5.74, 6) is -0.152. The largest absolute Gasteiger partial charge is 0.448 e. The SMILES string of the molecule is O=C(Nc1cnccn1)C1CCCN1C(=O)OF. The first-order chi connectivity index (χ1) is 8.72. The Kier molecular flexibility index (Phi) is 3.66. The van der Waals surface area contributed by atoms with Gasteiger partial charge >= 0.3 is 6.09 Å². The molecular formula is C10H11FN4O3. The summed E-state index contributed by atoms with van der Waals surface area (Å²) in [5, 5.41) is 2.51. The second-order valence-electron chi connectivity index (χ2n) is 3.77. The van der Waals surface area contributed by atoms with E-state index >= 15 is 0 Å². The van der Waals surface area contributed by atoms with Crippen molar-refractivity contribution >= 4 is 17.8 Å². The molecule has 1 aromatic rings. The number of likely N-dealkylation sites (tertiary alicyclic amines) is 1. The first kappa shape index (κ1) is 12.2. The summed E-state index contributed by atoms with van der Waals surface area (Å²) in [6, 6.07) is -0.741. The van der Waals surface area contributed by atoms with Crippen molar-refractivity contribution in [3.63, 3.8) is 0 Å².